The van der Waals surface area contributed by atoms with Crippen LogP contribution in [0.5, 0.6) is 0 Å². The van der Waals surface area contributed by atoms with Crippen molar-refractivity contribution in [3.8, 4) is 0 Å². The number of benzene rings is 1. The van der Waals surface area contributed by atoms with Crippen LogP contribution in [0.2, 0.25) is 0 Å². The first-order chi connectivity index (χ1) is 9.16. The van der Waals surface area contributed by atoms with E-state index in [1.165, 1.54) is 6.07 Å². The monoisotopic (exact) mass is 261 g/mol. The Hall–Kier alpha value is -1.42. The van der Waals surface area contributed by atoms with Crippen LogP contribution in [-0.4, -0.2) is 22.6 Å². The van der Waals surface area contributed by atoms with Gasteiger partial charge in [0.15, 0.2) is 0 Å². The number of hydrogen-bond donors (Lipinski definition) is 1. The van der Waals surface area contributed by atoms with Crippen molar-refractivity contribution in [2.75, 3.05) is 13.1 Å². The van der Waals surface area contributed by atoms with Crippen molar-refractivity contribution in [1.29, 1.82) is 0 Å². The zero-order chi connectivity index (χ0) is 13.4. The van der Waals surface area contributed by atoms with Crippen molar-refractivity contribution in [1.82, 2.24) is 14.9 Å². The Morgan fingerprint density at radius 3 is 2.74 bits per heavy atom. The molecule has 0 unspecified atom stereocenters. The van der Waals surface area contributed by atoms with Gasteiger partial charge in [-0.25, -0.2) is 9.37 Å². The number of nitrogens with zero attached hydrogens (tertiary/aromatic N) is 2. The molecule has 1 aromatic carbocycles. The van der Waals surface area contributed by atoms with Gasteiger partial charge in [-0.05, 0) is 58.0 Å². The molecule has 3 nitrogen and oxygen atoms in total. The minimum absolute atomic E-state index is 0.189. The lowest BCUT2D eigenvalue weighted by Gasteiger charge is -2.24. The Labute approximate surface area is 112 Å². The van der Waals surface area contributed by atoms with Gasteiger partial charge >= 0.3 is 0 Å². The average Bonchev–Trinajstić information content (AvgIpc) is 2.78. The molecule has 2 heterocycles. The first-order valence-electron chi connectivity index (χ1n) is 7.05. The predicted molar refractivity (Wildman–Crippen MR) is 74.9 cm³/mol. The van der Waals surface area contributed by atoms with Crippen molar-refractivity contribution < 1.29 is 4.39 Å². The van der Waals surface area contributed by atoms with Crippen LogP contribution in [0, 0.1) is 5.82 Å². The number of nitrogens with one attached hydrogen (secondary N) is 1. The number of imidazole rings is 1. The number of rotatable bonds is 2. The van der Waals surface area contributed by atoms with Gasteiger partial charge in [0, 0.05) is 12.0 Å². The maximum atomic E-state index is 13.5. The average molecular weight is 261 g/mol. The lowest BCUT2D eigenvalue weighted by atomic mass is 9.97. The molecule has 0 bridgehead atoms. The quantitative estimate of drug-likeness (QED) is 0.899. The third-order valence-electron chi connectivity index (χ3n) is 3.90. The molecule has 1 aromatic heterocycles. The molecule has 0 spiro atoms. The largest absolute Gasteiger partial charge is 0.325 e. The molecular formula is C15H20FN3. The zero-order valence-corrected chi connectivity index (χ0v) is 11.5. The summed E-state index contributed by atoms with van der Waals surface area (Å²) in [6.07, 6.45) is 2.22. The second-order valence-corrected chi connectivity index (χ2v) is 5.59. The van der Waals surface area contributed by atoms with Gasteiger partial charge < -0.3 is 9.88 Å². The maximum Gasteiger partial charge on any atom is 0.125 e. The normalized spacial score (nSPS) is 17.5. The van der Waals surface area contributed by atoms with Crippen molar-refractivity contribution in [2.45, 2.75) is 38.6 Å². The van der Waals surface area contributed by atoms with E-state index in [0.29, 0.717) is 12.0 Å². The molecule has 0 atom stereocenters. The Bertz CT molecular complexity index is 582. The minimum Gasteiger partial charge on any atom is -0.325 e. The highest BCUT2D eigenvalue weighted by molar-refractivity contribution is 5.76. The molecule has 2 aromatic rings. The fourth-order valence-corrected chi connectivity index (χ4v) is 3.00. The smallest absolute Gasteiger partial charge is 0.125 e. The van der Waals surface area contributed by atoms with Gasteiger partial charge in [-0.1, -0.05) is 0 Å². The molecule has 19 heavy (non-hydrogen) atoms. The Morgan fingerprint density at radius 2 is 2.05 bits per heavy atom. The van der Waals surface area contributed by atoms with Gasteiger partial charge in [-0.2, -0.15) is 0 Å². The number of fused-ring (bicyclic) bond motifs is 1. The Morgan fingerprint density at radius 1 is 1.32 bits per heavy atom. The Kier molecular flexibility index (Phi) is 3.27. The van der Waals surface area contributed by atoms with Crippen LogP contribution < -0.4 is 5.32 Å². The lowest BCUT2D eigenvalue weighted by Crippen LogP contribution is -2.28. The highest BCUT2D eigenvalue weighted by atomic mass is 19.1. The second kappa shape index (κ2) is 4.93. The summed E-state index contributed by atoms with van der Waals surface area (Å²) in [5, 5.41) is 3.38. The summed E-state index contributed by atoms with van der Waals surface area (Å²) in [6, 6.07) is 5.18. The minimum atomic E-state index is -0.189. The maximum absolute atomic E-state index is 13.5. The van der Waals surface area contributed by atoms with E-state index in [-0.39, 0.29) is 5.82 Å². The van der Waals surface area contributed by atoms with E-state index in [1.54, 1.807) is 12.1 Å². The molecular weight excluding hydrogens is 241 g/mol. The van der Waals surface area contributed by atoms with E-state index in [4.69, 9.17) is 4.98 Å². The van der Waals surface area contributed by atoms with Crippen molar-refractivity contribution in [2.24, 2.45) is 0 Å². The van der Waals surface area contributed by atoms with Gasteiger partial charge in [0.25, 0.3) is 0 Å². The first kappa shape index (κ1) is 12.6. The van der Waals surface area contributed by atoms with Crippen LogP contribution >= 0.6 is 0 Å². The zero-order valence-electron chi connectivity index (χ0n) is 11.5. The molecule has 102 valence electrons. The summed E-state index contributed by atoms with van der Waals surface area (Å²) in [5.74, 6) is 1.42. The van der Waals surface area contributed by atoms with E-state index >= 15 is 0 Å². The number of aromatic nitrogens is 2. The van der Waals surface area contributed by atoms with Crippen LogP contribution in [0.1, 0.15) is 44.5 Å². The molecule has 1 fully saturated rings. The summed E-state index contributed by atoms with van der Waals surface area (Å²) >= 11 is 0. The van der Waals surface area contributed by atoms with Gasteiger partial charge in [-0.3, -0.25) is 0 Å². The van der Waals surface area contributed by atoms with E-state index in [2.05, 4.69) is 23.7 Å². The molecule has 0 aliphatic carbocycles. The van der Waals surface area contributed by atoms with Crippen LogP contribution in [-0.2, 0) is 0 Å². The predicted octanol–water partition coefficient (Wildman–Crippen LogP) is 3.22. The molecule has 1 aliphatic rings. The van der Waals surface area contributed by atoms with Crippen LogP contribution in [0.15, 0.2) is 18.2 Å². The molecule has 0 radical (unpaired) electrons. The summed E-state index contributed by atoms with van der Waals surface area (Å²) in [4.78, 5) is 4.77. The van der Waals surface area contributed by atoms with Gasteiger partial charge in [0.1, 0.15) is 11.6 Å². The summed E-state index contributed by atoms with van der Waals surface area (Å²) < 4.78 is 15.7. The van der Waals surface area contributed by atoms with Gasteiger partial charge in [-0.15, -0.1) is 0 Å². The van der Waals surface area contributed by atoms with Gasteiger partial charge in [0.05, 0.1) is 11.0 Å². The number of hydrogen-bond acceptors (Lipinski definition) is 2. The van der Waals surface area contributed by atoms with E-state index in [9.17, 15) is 4.39 Å². The summed E-state index contributed by atoms with van der Waals surface area (Å²) in [5.41, 5.74) is 1.83. The Balaban J connectivity index is 2.14. The van der Waals surface area contributed by atoms with Gasteiger partial charge in [0.2, 0.25) is 0 Å². The fraction of sp³-hybridized carbons (Fsp3) is 0.533. The topological polar surface area (TPSA) is 29.9 Å². The van der Waals surface area contributed by atoms with E-state index in [1.807, 2.05) is 0 Å². The first-order valence-corrected chi connectivity index (χ1v) is 7.05. The number of piperidine rings is 1. The SMILES string of the molecule is CC(C)n1c(C2CCNCC2)nc2ccc(F)cc21. The third-order valence-corrected chi connectivity index (χ3v) is 3.90. The lowest BCUT2D eigenvalue weighted by molar-refractivity contribution is 0.423. The molecule has 1 N–H and O–H groups in total. The highest BCUT2D eigenvalue weighted by Gasteiger charge is 2.23. The van der Waals surface area contributed by atoms with Crippen molar-refractivity contribution in [3.63, 3.8) is 0 Å². The molecule has 1 aliphatic heterocycles. The highest BCUT2D eigenvalue weighted by Crippen LogP contribution is 2.30. The third kappa shape index (κ3) is 2.25. The molecule has 1 saturated heterocycles. The molecule has 0 amide bonds. The number of halogens is 1. The van der Waals surface area contributed by atoms with E-state index < -0.39 is 0 Å². The van der Waals surface area contributed by atoms with E-state index in [0.717, 1.165) is 42.8 Å². The molecule has 4 heteroatoms. The molecule has 0 saturated carbocycles. The van der Waals surface area contributed by atoms with Crippen molar-refractivity contribution >= 4 is 11.0 Å². The van der Waals surface area contributed by atoms with Crippen LogP contribution in [0.4, 0.5) is 4.39 Å². The summed E-state index contributed by atoms with van der Waals surface area (Å²) in [6.45, 7) is 6.36. The molecule has 3 rings (SSSR count). The van der Waals surface area contributed by atoms with Crippen LogP contribution in [0.3, 0.4) is 0 Å². The van der Waals surface area contributed by atoms with Crippen molar-refractivity contribution in [3.05, 3.63) is 29.8 Å². The standard InChI is InChI=1S/C15H20FN3/c1-10(2)19-14-9-12(16)3-4-13(14)18-15(19)11-5-7-17-8-6-11/h3-4,9-11,17H,5-8H2,1-2H3. The second-order valence-electron chi connectivity index (χ2n) is 5.59. The summed E-state index contributed by atoms with van der Waals surface area (Å²) in [7, 11) is 0. The fourth-order valence-electron chi connectivity index (χ4n) is 3.00. The van der Waals surface area contributed by atoms with Crippen LogP contribution in [0.25, 0.3) is 11.0 Å².